The minimum absolute atomic E-state index is 0.102. The molecule has 3 nitrogen and oxygen atoms in total. The van der Waals surface area contributed by atoms with Crippen LogP contribution in [0.4, 0.5) is 4.39 Å². The van der Waals surface area contributed by atoms with Crippen molar-refractivity contribution < 1.29 is 9.50 Å². The average molecular weight is 269 g/mol. The summed E-state index contributed by atoms with van der Waals surface area (Å²) in [6.45, 7) is 3.79. The van der Waals surface area contributed by atoms with E-state index >= 15 is 0 Å². The molecule has 0 fully saturated rings. The molecular formula is C13H14ClFN2O. The van der Waals surface area contributed by atoms with Crippen LogP contribution in [0.5, 0.6) is 0 Å². The van der Waals surface area contributed by atoms with Crippen molar-refractivity contribution in [2.75, 3.05) is 0 Å². The van der Waals surface area contributed by atoms with Crippen molar-refractivity contribution in [1.29, 1.82) is 0 Å². The standard InChI is InChI=1S/C13H14ClFN2O/c1-8(2)12-9(7-18)6-16-17(12)13-10(14)4-3-5-11(13)15/h3-6,8,18H,7H2,1-2H3. The highest BCUT2D eigenvalue weighted by atomic mass is 35.5. The van der Waals surface area contributed by atoms with Gasteiger partial charge in [-0.2, -0.15) is 5.10 Å². The molecule has 1 N–H and O–H groups in total. The van der Waals surface area contributed by atoms with Gasteiger partial charge in [-0.3, -0.25) is 0 Å². The highest BCUT2D eigenvalue weighted by Gasteiger charge is 2.19. The number of aliphatic hydroxyl groups excluding tert-OH is 1. The Labute approximate surface area is 110 Å². The van der Waals surface area contributed by atoms with Crippen LogP contribution in [0, 0.1) is 5.82 Å². The lowest BCUT2D eigenvalue weighted by atomic mass is 10.1. The van der Waals surface area contributed by atoms with Crippen LogP contribution in [0.3, 0.4) is 0 Å². The van der Waals surface area contributed by atoms with Crippen LogP contribution >= 0.6 is 11.6 Å². The van der Waals surface area contributed by atoms with E-state index in [1.165, 1.54) is 16.9 Å². The van der Waals surface area contributed by atoms with E-state index in [2.05, 4.69) is 5.10 Å². The van der Waals surface area contributed by atoms with Gasteiger partial charge in [-0.05, 0) is 18.1 Å². The Bertz CT molecular complexity index is 546. The molecule has 2 rings (SSSR count). The van der Waals surface area contributed by atoms with Crippen LogP contribution in [-0.2, 0) is 6.61 Å². The van der Waals surface area contributed by atoms with Crippen LogP contribution in [0.25, 0.3) is 5.69 Å². The van der Waals surface area contributed by atoms with Crippen molar-refractivity contribution in [3.05, 3.63) is 46.5 Å². The number of hydrogen-bond donors (Lipinski definition) is 1. The highest BCUT2D eigenvalue weighted by molar-refractivity contribution is 6.32. The Morgan fingerprint density at radius 2 is 2.17 bits per heavy atom. The molecule has 0 saturated carbocycles. The number of rotatable bonds is 3. The maximum atomic E-state index is 13.9. The minimum atomic E-state index is -0.433. The molecule has 0 spiro atoms. The zero-order chi connectivity index (χ0) is 13.3. The van der Waals surface area contributed by atoms with Crippen LogP contribution < -0.4 is 0 Å². The van der Waals surface area contributed by atoms with Gasteiger partial charge in [0.25, 0.3) is 0 Å². The molecule has 1 aromatic carbocycles. The van der Waals surface area contributed by atoms with Gasteiger partial charge in [0.1, 0.15) is 11.5 Å². The van der Waals surface area contributed by atoms with Gasteiger partial charge in [-0.25, -0.2) is 9.07 Å². The zero-order valence-electron chi connectivity index (χ0n) is 10.2. The van der Waals surface area contributed by atoms with Gasteiger partial charge in [-0.1, -0.05) is 31.5 Å². The molecule has 0 amide bonds. The van der Waals surface area contributed by atoms with Gasteiger partial charge in [0.15, 0.2) is 0 Å². The Morgan fingerprint density at radius 1 is 1.44 bits per heavy atom. The first-order valence-corrected chi connectivity index (χ1v) is 6.06. The third-order valence-corrected chi connectivity index (χ3v) is 3.06. The summed E-state index contributed by atoms with van der Waals surface area (Å²) in [5, 5.41) is 13.7. The van der Waals surface area contributed by atoms with Gasteiger partial charge >= 0.3 is 0 Å². The van der Waals surface area contributed by atoms with Gasteiger partial charge < -0.3 is 5.11 Å². The molecular weight excluding hydrogens is 255 g/mol. The van der Waals surface area contributed by atoms with Crippen LogP contribution in [0.15, 0.2) is 24.4 Å². The fraction of sp³-hybridized carbons (Fsp3) is 0.308. The quantitative estimate of drug-likeness (QED) is 0.928. The van der Waals surface area contributed by atoms with Crippen LogP contribution in [0.1, 0.15) is 31.0 Å². The topological polar surface area (TPSA) is 38.1 Å². The summed E-state index contributed by atoms with van der Waals surface area (Å²) in [6.07, 6.45) is 1.54. The summed E-state index contributed by atoms with van der Waals surface area (Å²) < 4.78 is 15.4. The van der Waals surface area contributed by atoms with Gasteiger partial charge in [-0.15, -0.1) is 0 Å². The lowest BCUT2D eigenvalue weighted by molar-refractivity contribution is 0.280. The summed E-state index contributed by atoms with van der Waals surface area (Å²) >= 11 is 6.03. The van der Waals surface area contributed by atoms with Crippen molar-refractivity contribution in [3.63, 3.8) is 0 Å². The van der Waals surface area contributed by atoms with E-state index in [1.54, 1.807) is 12.1 Å². The van der Waals surface area contributed by atoms with Crippen molar-refractivity contribution in [3.8, 4) is 5.69 Å². The Morgan fingerprint density at radius 3 is 2.72 bits per heavy atom. The molecule has 0 aliphatic rings. The zero-order valence-corrected chi connectivity index (χ0v) is 10.9. The molecule has 18 heavy (non-hydrogen) atoms. The van der Waals surface area contributed by atoms with E-state index in [4.69, 9.17) is 11.6 Å². The number of para-hydroxylation sites is 1. The Kier molecular flexibility index (Phi) is 3.68. The maximum absolute atomic E-state index is 13.9. The minimum Gasteiger partial charge on any atom is -0.392 e. The SMILES string of the molecule is CC(C)c1c(CO)cnn1-c1c(F)cccc1Cl. The first-order valence-electron chi connectivity index (χ1n) is 5.68. The fourth-order valence-electron chi connectivity index (χ4n) is 2.00. The molecule has 0 atom stereocenters. The summed E-state index contributed by atoms with van der Waals surface area (Å²) in [7, 11) is 0. The molecule has 0 unspecified atom stereocenters. The first kappa shape index (κ1) is 13.1. The molecule has 2 aromatic rings. The molecule has 0 saturated heterocycles. The number of halogens is 2. The van der Waals surface area contributed by atoms with Gasteiger partial charge in [0.05, 0.1) is 23.5 Å². The second kappa shape index (κ2) is 5.08. The van der Waals surface area contributed by atoms with Gasteiger partial charge in [0.2, 0.25) is 0 Å². The van der Waals surface area contributed by atoms with Crippen molar-refractivity contribution >= 4 is 11.6 Å². The smallest absolute Gasteiger partial charge is 0.150 e. The van der Waals surface area contributed by atoms with E-state index < -0.39 is 5.82 Å². The number of benzene rings is 1. The lowest BCUT2D eigenvalue weighted by Gasteiger charge is -2.13. The number of aliphatic hydroxyl groups is 1. The molecule has 0 aliphatic heterocycles. The van der Waals surface area contributed by atoms with E-state index in [0.29, 0.717) is 10.6 Å². The predicted octanol–water partition coefficient (Wildman–Crippen LogP) is 3.28. The maximum Gasteiger partial charge on any atom is 0.150 e. The second-order valence-corrected chi connectivity index (χ2v) is 4.76. The summed E-state index contributed by atoms with van der Waals surface area (Å²) in [5.41, 5.74) is 1.68. The fourth-order valence-corrected chi connectivity index (χ4v) is 2.24. The van der Waals surface area contributed by atoms with E-state index in [9.17, 15) is 9.50 Å². The Balaban J connectivity index is 2.68. The third kappa shape index (κ3) is 2.13. The van der Waals surface area contributed by atoms with E-state index in [-0.39, 0.29) is 18.2 Å². The number of aromatic nitrogens is 2. The molecule has 0 bridgehead atoms. The second-order valence-electron chi connectivity index (χ2n) is 4.35. The Hall–Kier alpha value is -1.39. The molecule has 0 aliphatic carbocycles. The van der Waals surface area contributed by atoms with Gasteiger partial charge in [0, 0.05) is 5.56 Å². The summed E-state index contributed by atoms with van der Waals surface area (Å²) in [5.74, 6) is -0.331. The average Bonchev–Trinajstić information content (AvgIpc) is 2.72. The summed E-state index contributed by atoms with van der Waals surface area (Å²) in [6, 6.07) is 4.50. The highest BCUT2D eigenvalue weighted by Crippen LogP contribution is 2.28. The van der Waals surface area contributed by atoms with Crippen molar-refractivity contribution in [2.45, 2.75) is 26.4 Å². The lowest BCUT2D eigenvalue weighted by Crippen LogP contribution is -2.08. The first-order chi connectivity index (χ1) is 8.56. The molecule has 96 valence electrons. The molecule has 0 radical (unpaired) electrons. The van der Waals surface area contributed by atoms with E-state index in [1.807, 2.05) is 13.8 Å². The normalized spacial score (nSPS) is 11.2. The van der Waals surface area contributed by atoms with E-state index in [0.717, 1.165) is 5.69 Å². The molecule has 5 heteroatoms. The number of nitrogens with zero attached hydrogens (tertiary/aromatic N) is 2. The van der Waals surface area contributed by atoms with Crippen molar-refractivity contribution in [2.24, 2.45) is 0 Å². The molecule has 1 aromatic heterocycles. The molecule has 1 heterocycles. The largest absolute Gasteiger partial charge is 0.392 e. The monoisotopic (exact) mass is 268 g/mol. The van der Waals surface area contributed by atoms with Crippen molar-refractivity contribution in [1.82, 2.24) is 9.78 Å². The van der Waals surface area contributed by atoms with Crippen LogP contribution in [-0.4, -0.2) is 14.9 Å². The predicted molar refractivity (Wildman–Crippen MR) is 68.5 cm³/mol. The van der Waals surface area contributed by atoms with Crippen LogP contribution in [0.2, 0.25) is 5.02 Å². The summed E-state index contributed by atoms with van der Waals surface area (Å²) in [4.78, 5) is 0. The third-order valence-electron chi connectivity index (χ3n) is 2.75. The number of hydrogen-bond acceptors (Lipinski definition) is 2.